The molecule has 0 fully saturated rings. The number of likely N-dealkylation sites (N-methyl/N-ethyl adjacent to an activating group) is 1. The van der Waals surface area contributed by atoms with Gasteiger partial charge in [0.2, 0.25) is 0 Å². The minimum atomic E-state index is -0.197. The topological polar surface area (TPSA) is 38.3 Å². The molecule has 1 aliphatic rings. The van der Waals surface area contributed by atoms with E-state index in [-0.39, 0.29) is 17.9 Å². The number of carbonyl (C=O) groups excluding carboxylic acids is 1. The van der Waals surface area contributed by atoms with Crippen LogP contribution in [0.2, 0.25) is 0 Å². The van der Waals surface area contributed by atoms with Crippen LogP contribution in [0.1, 0.15) is 27.7 Å². The number of quaternary nitrogens is 1. The van der Waals surface area contributed by atoms with Crippen molar-refractivity contribution >= 4 is 5.97 Å². The summed E-state index contributed by atoms with van der Waals surface area (Å²) in [5.74, 6) is 0.0918. The lowest BCUT2D eigenvalue weighted by atomic mass is 10.1. The Balaban J connectivity index is 2.35. The minimum absolute atomic E-state index is 0.131. The van der Waals surface area contributed by atoms with Gasteiger partial charge in [-0.2, -0.15) is 0 Å². The van der Waals surface area contributed by atoms with Crippen LogP contribution >= 0.6 is 0 Å². The van der Waals surface area contributed by atoms with Crippen molar-refractivity contribution < 1.29 is 14.0 Å². The van der Waals surface area contributed by atoms with Crippen molar-refractivity contribution in [1.82, 2.24) is 5.32 Å². The van der Waals surface area contributed by atoms with Crippen LogP contribution in [0.5, 0.6) is 0 Å². The Labute approximate surface area is 111 Å². The summed E-state index contributed by atoms with van der Waals surface area (Å²) in [7, 11) is 0. The number of hydrogen-bond acceptors (Lipinski definition) is 3. The normalized spacial score (nSPS) is 22.9. The minimum Gasteiger partial charge on any atom is -0.458 e. The molecular weight excluding hydrogens is 228 g/mol. The fraction of sp³-hybridized carbons (Fsp3) is 0.786. The molecule has 0 bridgehead atoms. The summed E-state index contributed by atoms with van der Waals surface area (Å²) < 4.78 is 6.41. The van der Waals surface area contributed by atoms with Gasteiger partial charge in [0.1, 0.15) is 19.2 Å². The maximum absolute atomic E-state index is 11.9. The molecule has 2 atom stereocenters. The van der Waals surface area contributed by atoms with Crippen LogP contribution in [0.3, 0.4) is 0 Å². The van der Waals surface area contributed by atoms with Gasteiger partial charge in [-0.05, 0) is 27.0 Å². The maximum atomic E-state index is 11.9. The van der Waals surface area contributed by atoms with E-state index in [1.165, 1.54) is 0 Å². The van der Waals surface area contributed by atoms with E-state index in [1.54, 1.807) is 0 Å². The third-order valence-electron chi connectivity index (χ3n) is 4.28. The Morgan fingerprint density at radius 2 is 1.89 bits per heavy atom. The van der Waals surface area contributed by atoms with E-state index >= 15 is 0 Å². The summed E-state index contributed by atoms with van der Waals surface area (Å²) in [6, 6.07) is -0.197. The molecule has 4 heteroatoms. The second kappa shape index (κ2) is 6.78. The number of esters is 1. The van der Waals surface area contributed by atoms with E-state index in [0.29, 0.717) is 6.61 Å². The molecule has 0 saturated carbocycles. The summed E-state index contributed by atoms with van der Waals surface area (Å²) in [6.45, 7) is 13.3. The molecule has 1 aliphatic heterocycles. The molecule has 1 rings (SSSR count). The van der Waals surface area contributed by atoms with E-state index in [2.05, 4.69) is 26.1 Å². The first-order valence-corrected chi connectivity index (χ1v) is 7.03. The van der Waals surface area contributed by atoms with Crippen LogP contribution in [0, 0.1) is 5.92 Å². The molecule has 1 unspecified atom stereocenters. The standard InChI is InChI=1S/C14H27N2O2/c1-5-16(6-2,7-3)10-11-18-14(17)13-12(4)8-9-15-13/h8-9,12-13,15H,5-7,10-11H2,1-4H3/q+1/t12-,13?/m1/s1. The predicted molar refractivity (Wildman–Crippen MR) is 72.9 cm³/mol. The molecule has 0 aromatic carbocycles. The highest BCUT2D eigenvalue weighted by Gasteiger charge is 2.28. The second-order valence-electron chi connectivity index (χ2n) is 5.04. The maximum Gasteiger partial charge on any atom is 0.329 e. The first-order chi connectivity index (χ1) is 8.58. The molecule has 0 spiro atoms. The van der Waals surface area contributed by atoms with Crippen molar-refractivity contribution in [3.63, 3.8) is 0 Å². The lowest BCUT2D eigenvalue weighted by Gasteiger charge is -2.35. The number of carbonyl (C=O) groups is 1. The van der Waals surface area contributed by atoms with Crippen LogP contribution in [-0.4, -0.2) is 49.3 Å². The Morgan fingerprint density at radius 1 is 1.28 bits per heavy atom. The lowest BCUT2D eigenvalue weighted by Crippen LogP contribution is -2.50. The number of nitrogens with zero attached hydrogens (tertiary/aromatic N) is 1. The smallest absolute Gasteiger partial charge is 0.329 e. The van der Waals surface area contributed by atoms with E-state index < -0.39 is 0 Å². The number of ether oxygens (including phenoxy) is 1. The van der Waals surface area contributed by atoms with Gasteiger partial charge in [0, 0.05) is 5.92 Å². The van der Waals surface area contributed by atoms with Crippen LogP contribution in [0.15, 0.2) is 12.3 Å². The lowest BCUT2D eigenvalue weighted by molar-refractivity contribution is -0.923. The highest BCUT2D eigenvalue weighted by molar-refractivity contribution is 5.77. The van der Waals surface area contributed by atoms with Gasteiger partial charge in [-0.1, -0.05) is 13.0 Å². The fourth-order valence-corrected chi connectivity index (χ4v) is 2.43. The van der Waals surface area contributed by atoms with Crippen LogP contribution < -0.4 is 5.32 Å². The predicted octanol–water partition coefficient (Wildman–Crippen LogP) is 1.53. The molecule has 0 aromatic heterocycles. The second-order valence-corrected chi connectivity index (χ2v) is 5.04. The van der Waals surface area contributed by atoms with Crippen molar-refractivity contribution in [2.24, 2.45) is 5.92 Å². The first kappa shape index (κ1) is 15.0. The van der Waals surface area contributed by atoms with Crippen LogP contribution in [0.25, 0.3) is 0 Å². The Hall–Kier alpha value is -1.03. The summed E-state index contributed by atoms with van der Waals surface area (Å²) in [6.07, 6.45) is 3.83. The highest BCUT2D eigenvalue weighted by atomic mass is 16.5. The van der Waals surface area contributed by atoms with Gasteiger partial charge < -0.3 is 14.5 Å². The Kier molecular flexibility index (Phi) is 5.66. The summed E-state index contributed by atoms with van der Waals surface area (Å²) in [5.41, 5.74) is 0. The number of hydrogen-bond donors (Lipinski definition) is 1. The largest absolute Gasteiger partial charge is 0.458 e. The molecular formula is C14H27N2O2+. The van der Waals surface area contributed by atoms with Crippen molar-refractivity contribution in [2.45, 2.75) is 33.7 Å². The zero-order valence-electron chi connectivity index (χ0n) is 12.1. The van der Waals surface area contributed by atoms with E-state index in [4.69, 9.17) is 4.74 Å². The van der Waals surface area contributed by atoms with Gasteiger partial charge in [0.25, 0.3) is 0 Å². The number of nitrogens with one attached hydrogen (secondary N) is 1. The zero-order valence-corrected chi connectivity index (χ0v) is 12.1. The average molecular weight is 255 g/mol. The van der Waals surface area contributed by atoms with Crippen LogP contribution in [0.4, 0.5) is 0 Å². The average Bonchev–Trinajstić information content (AvgIpc) is 2.81. The van der Waals surface area contributed by atoms with Gasteiger partial charge >= 0.3 is 5.97 Å². The monoisotopic (exact) mass is 255 g/mol. The molecule has 1 heterocycles. The van der Waals surface area contributed by atoms with Gasteiger partial charge in [-0.25, -0.2) is 4.79 Å². The molecule has 4 nitrogen and oxygen atoms in total. The van der Waals surface area contributed by atoms with Crippen molar-refractivity contribution in [1.29, 1.82) is 0 Å². The summed E-state index contributed by atoms with van der Waals surface area (Å²) in [4.78, 5) is 11.9. The first-order valence-electron chi connectivity index (χ1n) is 7.03. The van der Waals surface area contributed by atoms with Crippen molar-refractivity contribution in [3.05, 3.63) is 12.3 Å². The van der Waals surface area contributed by atoms with E-state index in [0.717, 1.165) is 30.7 Å². The van der Waals surface area contributed by atoms with Gasteiger partial charge in [0.05, 0.1) is 19.6 Å². The molecule has 104 valence electrons. The third-order valence-corrected chi connectivity index (χ3v) is 4.28. The molecule has 0 aliphatic carbocycles. The van der Waals surface area contributed by atoms with E-state index in [9.17, 15) is 4.79 Å². The molecule has 0 amide bonds. The molecule has 1 N–H and O–H groups in total. The highest BCUT2D eigenvalue weighted by Crippen LogP contribution is 2.12. The van der Waals surface area contributed by atoms with Gasteiger partial charge in [0.15, 0.2) is 0 Å². The Morgan fingerprint density at radius 3 is 2.33 bits per heavy atom. The Bertz CT molecular complexity index is 290. The molecule has 0 saturated heterocycles. The fourth-order valence-electron chi connectivity index (χ4n) is 2.43. The van der Waals surface area contributed by atoms with Gasteiger partial charge in [-0.3, -0.25) is 0 Å². The summed E-state index contributed by atoms with van der Waals surface area (Å²) >= 11 is 0. The van der Waals surface area contributed by atoms with Crippen molar-refractivity contribution in [2.75, 3.05) is 32.8 Å². The summed E-state index contributed by atoms with van der Waals surface area (Å²) in [5, 5.41) is 3.04. The van der Waals surface area contributed by atoms with Crippen LogP contribution in [-0.2, 0) is 9.53 Å². The van der Waals surface area contributed by atoms with E-state index in [1.807, 2.05) is 19.2 Å². The zero-order chi connectivity index (χ0) is 13.6. The SMILES string of the molecule is CC[N+](CC)(CC)CCOC(=O)C1NC=C[C@H]1C. The number of rotatable bonds is 7. The van der Waals surface area contributed by atoms with Gasteiger partial charge in [-0.15, -0.1) is 0 Å². The third kappa shape index (κ3) is 3.48. The quantitative estimate of drug-likeness (QED) is 0.554. The molecule has 0 radical (unpaired) electrons. The molecule has 0 aromatic rings. The van der Waals surface area contributed by atoms with Crippen molar-refractivity contribution in [3.8, 4) is 0 Å². The molecule has 18 heavy (non-hydrogen) atoms.